The monoisotopic (exact) mass is 340 g/mol. The molecule has 2 aromatic rings. The summed E-state index contributed by atoms with van der Waals surface area (Å²) >= 11 is 0. The Bertz CT molecular complexity index is 678. The summed E-state index contributed by atoms with van der Waals surface area (Å²) in [4.78, 5) is 12.4. The van der Waals surface area contributed by atoms with Crippen LogP contribution in [0.15, 0.2) is 54.6 Å². The molecular weight excluding hydrogens is 312 g/mol. The summed E-state index contributed by atoms with van der Waals surface area (Å²) < 4.78 is 0. The highest BCUT2D eigenvalue weighted by Crippen LogP contribution is 2.29. The van der Waals surface area contributed by atoms with Crippen molar-refractivity contribution in [2.45, 2.75) is 38.6 Å². The molecule has 1 amide bonds. The van der Waals surface area contributed by atoms with Crippen LogP contribution >= 0.6 is 0 Å². The van der Waals surface area contributed by atoms with Gasteiger partial charge in [-0.3, -0.25) is 4.79 Å². The van der Waals surface area contributed by atoms with Gasteiger partial charge in [-0.2, -0.15) is 0 Å². The normalized spacial score (nSPS) is 12.6. The van der Waals surface area contributed by atoms with Crippen molar-refractivity contribution in [1.29, 1.82) is 0 Å². The second-order valence-electron chi connectivity index (χ2n) is 7.20. The maximum absolute atomic E-state index is 12.4. The van der Waals surface area contributed by atoms with Crippen molar-refractivity contribution < 1.29 is 9.90 Å². The van der Waals surface area contributed by atoms with E-state index < -0.39 is 0 Å². The lowest BCUT2D eigenvalue weighted by Gasteiger charge is -2.23. The van der Waals surface area contributed by atoms with Gasteiger partial charge in [0.1, 0.15) is 0 Å². The molecule has 4 nitrogen and oxygen atoms in total. The van der Waals surface area contributed by atoms with E-state index in [1.165, 1.54) is 0 Å². The molecule has 0 saturated carbocycles. The van der Waals surface area contributed by atoms with Gasteiger partial charge >= 0.3 is 0 Å². The van der Waals surface area contributed by atoms with Gasteiger partial charge in [-0.1, -0.05) is 69.3 Å². The maximum Gasteiger partial charge on any atom is 0.238 e. The lowest BCUT2D eigenvalue weighted by atomic mass is 9.86. The Morgan fingerprint density at radius 2 is 1.68 bits per heavy atom. The van der Waals surface area contributed by atoms with Gasteiger partial charge in [0.15, 0.2) is 0 Å². The van der Waals surface area contributed by atoms with Crippen LogP contribution in [0.5, 0.6) is 0 Å². The van der Waals surface area contributed by atoms with Crippen LogP contribution in [0.2, 0.25) is 0 Å². The number of hydrogen-bond donors (Lipinski definition) is 3. The number of aliphatic hydroxyl groups excluding tert-OH is 1. The molecule has 2 aromatic carbocycles. The molecule has 25 heavy (non-hydrogen) atoms. The zero-order valence-corrected chi connectivity index (χ0v) is 15.3. The largest absolute Gasteiger partial charge is 0.396 e. The van der Waals surface area contributed by atoms with E-state index in [0.717, 1.165) is 16.8 Å². The van der Waals surface area contributed by atoms with E-state index in [-0.39, 0.29) is 30.5 Å². The van der Waals surface area contributed by atoms with Gasteiger partial charge in [-0.05, 0) is 29.0 Å². The Hall–Kier alpha value is -2.17. The predicted octanol–water partition coefficient (Wildman–Crippen LogP) is 3.64. The summed E-state index contributed by atoms with van der Waals surface area (Å²) in [5, 5.41) is 15.5. The number of carbonyl (C=O) groups excluding carboxylic acids is 1. The fraction of sp³-hybridized carbons (Fsp3) is 0.381. The first-order valence-electron chi connectivity index (χ1n) is 8.70. The number of hydrogen-bond acceptors (Lipinski definition) is 3. The highest BCUT2D eigenvalue weighted by molar-refractivity contribution is 5.93. The molecule has 1 unspecified atom stereocenters. The lowest BCUT2D eigenvalue weighted by Crippen LogP contribution is -2.32. The highest BCUT2D eigenvalue weighted by atomic mass is 16.3. The average Bonchev–Trinajstić information content (AvgIpc) is 2.59. The Morgan fingerprint density at radius 3 is 2.32 bits per heavy atom. The highest BCUT2D eigenvalue weighted by Gasteiger charge is 2.19. The second kappa shape index (κ2) is 8.79. The zero-order chi connectivity index (χ0) is 18.3. The van der Waals surface area contributed by atoms with Gasteiger partial charge in [0, 0.05) is 18.3 Å². The van der Waals surface area contributed by atoms with Crippen LogP contribution in [0.25, 0.3) is 0 Å². The predicted molar refractivity (Wildman–Crippen MR) is 103 cm³/mol. The van der Waals surface area contributed by atoms with Crippen molar-refractivity contribution >= 4 is 11.6 Å². The topological polar surface area (TPSA) is 61.4 Å². The minimum absolute atomic E-state index is 0.0409. The Labute approximate surface area is 150 Å². The number of nitrogens with one attached hydrogen (secondary N) is 2. The molecule has 0 spiro atoms. The third-order valence-electron chi connectivity index (χ3n) is 4.14. The summed E-state index contributed by atoms with van der Waals surface area (Å²) in [6.45, 7) is 6.65. The van der Waals surface area contributed by atoms with Gasteiger partial charge in [-0.15, -0.1) is 0 Å². The molecule has 0 fully saturated rings. The molecule has 1 atom stereocenters. The van der Waals surface area contributed by atoms with Crippen molar-refractivity contribution in [3.8, 4) is 0 Å². The van der Waals surface area contributed by atoms with Crippen LogP contribution < -0.4 is 10.6 Å². The summed E-state index contributed by atoms with van der Waals surface area (Å²) in [6, 6.07) is 17.7. The van der Waals surface area contributed by atoms with Crippen molar-refractivity contribution in [1.82, 2.24) is 5.32 Å². The molecular formula is C21H28N2O2. The number of rotatable bonds is 7. The van der Waals surface area contributed by atoms with Crippen molar-refractivity contribution in [2.75, 3.05) is 18.5 Å². The molecule has 134 valence electrons. The van der Waals surface area contributed by atoms with Gasteiger partial charge in [0.05, 0.1) is 6.54 Å². The van der Waals surface area contributed by atoms with Crippen LogP contribution in [0.3, 0.4) is 0 Å². The summed E-state index contributed by atoms with van der Waals surface area (Å²) in [5.41, 5.74) is 2.98. The Morgan fingerprint density at radius 1 is 1.04 bits per heavy atom. The molecule has 0 aliphatic heterocycles. The summed E-state index contributed by atoms with van der Waals surface area (Å²) in [7, 11) is 0. The van der Waals surface area contributed by atoms with E-state index in [9.17, 15) is 9.90 Å². The number of amides is 1. The van der Waals surface area contributed by atoms with Gasteiger partial charge < -0.3 is 15.7 Å². The SMILES string of the molecule is CC(C)(C)c1ccccc1NC(=O)CNC(CCO)c1ccccc1. The van der Waals surface area contributed by atoms with Crippen LogP contribution in [-0.4, -0.2) is 24.2 Å². The number of benzene rings is 2. The summed E-state index contributed by atoms with van der Waals surface area (Å²) in [5.74, 6) is -0.0874. The van der Waals surface area contributed by atoms with Crippen LogP contribution in [0, 0.1) is 0 Å². The standard InChI is InChI=1S/C21H28N2O2/c1-21(2,3)17-11-7-8-12-19(17)23-20(25)15-22-18(13-14-24)16-9-5-4-6-10-16/h4-12,18,22,24H,13-15H2,1-3H3,(H,23,25). The van der Waals surface area contributed by atoms with E-state index in [4.69, 9.17) is 0 Å². The van der Waals surface area contributed by atoms with E-state index in [2.05, 4.69) is 31.4 Å². The van der Waals surface area contributed by atoms with Crippen molar-refractivity contribution in [3.05, 3.63) is 65.7 Å². The lowest BCUT2D eigenvalue weighted by molar-refractivity contribution is -0.115. The third-order valence-corrected chi connectivity index (χ3v) is 4.14. The average molecular weight is 340 g/mol. The smallest absolute Gasteiger partial charge is 0.238 e. The second-order valence-corrected chi connectivity index (χ2v) is 7.20. The number of carbonyl (C=O) groups is 1. The van der Waals surface area contributed by atoms with Crippen LogP contribution in [0.4, 0.5) is 5.69 Å². The molecule has 0 radical (unpaired) electrons. The van der Waals surface area contributed by atoms with Gasteiger partial charge in [-0.25, -0.2) is 0 Å². The van der Waals surface area contributed by atoms with E-state index in [0.29, 0.717) is 6.42 Å². The molecule has 0 heterocycles. The van der Waals surface area contributed by atoms with Crippen molar-refractivity contribution in [3.63, 3.8) is 0 Å². The first kappa shape index (κ1) is 19.2. The molecule has 0 bridgehead atoms. The van der Waals surface area contributed by atoms with Crippen LogP contribution in [-0.2, 0) is 10.2 Å². The molecule has 0 aliphatic rings. The zero-order valence-electron chi connectivity index (χ0n) is 15.3. The minimum atomic E-state index is -0.0874. The fourth-order valence-corrected chi connectivity index (χ4v) is 2.86. The molecule has 0 aliphatic carbocycles. The number of para-hydroxylation sites is 1. The Kier molecular flexibility index (Phi) is 6.73. The molecule has 0 aromatic heterocycles. The van der Waals surface area contributed by atoms with Crippen LogP contribution in [0.1, 0.15) is 44.4 Å². The first-order chi connectivity index (χ1) is 11.9. The third kappa shape index (κ3) is 5.69. The molecule has 3 N–H and O–H groups in total. The van der Waals surface area contributed by atoms with Gasteiger partial charge in [0.2, 0.25) is 5.91 Å². The van der Waals surface area contributed by atoms with E-state index >= 15 is 0 Å². The van der Waals surface area contributed by atoms with E-state index in [1.807, 2.05) is 54.6 Å². The molecule has 4 heteroatoms. The number of aliphatic hydroxyl groups is 1. The van der Waals surface area contributed by atoms with Crippen molar-refractivity contribution in [2.24, 2.45) is 0 Å². The van der Waals surface area contributed by atoms with Gasteiger partial charge in [0.25, 0.3) is 0 Å². The quantitative estimate of drug-likeness (QED) is 0.721. The minimum Gasteiger partial charge on any atom is -0.396 e. The molecule has 2 rings (SSSR count). The Balaban J connectivity index is 2.01. The van der Waals surface area contributed by atoms with E-state index in [1.54, 1.807) is 0 Å². The summed E-state index contributed by atoms with van der Waals surface area (Å²) in [6.07, 6.45) is 0.565. The number of anilines is 1. The molecule has 0 saturated heterocycles. The first-order valence-corrected chi connectivity index (χ1v) is 8.70. The maximum atomic E-state index is 12.4. The fourth-order valence-electron chi connectivity index (χ4n) is 2.86.